The molecule has 0 bridgehead atoms. The monoisotopic (exact) mass is 345 g/mol. The third-order valence-electron chi connectivity index (χ3n) is 4.00. The molecule has 1 heterocycles. The molecule has 2 amide bonds. The van der Waals surface area contributed by atoms with Gasteiger partial charge in [0.15, 0.2) is 0 Å². The molecule has 2 atom stereocenters. The largest absolute Gasteiger partial charge is 0.393 e. The second kappa shape index (κ2) is 8.11. The van der Waals surface area contributed by atoms with E-state index in [4.69, 9.17) is 0 Å². The molecule has 0 saturated heterocycles. The Balaban J connectivity index is 1.86. The van der Waals surface area contributed by atoms with Crippen LogP contribution in [-0.4, -0.2) is 38.8 Å². The van der Waals surface area contributed by atoms with Gasteiger partial charge >= 0.3 is 6.03 Å². The van der Waals surface area contributed by atoms with E-state index >= 15 is 0 Å². The minimum absolute atomic E-state index is 0.121. The quantitative estimate of drug-likeness (QED) is 0.718. The first kappa shape index (κ1) is 18.9. The summed E-state index contributed by atoms with van der Waals surface area (Å²) in [4.78, 5) is 12.1. The van der Waals surface area contributed by atoms with Gasteiger partial charge in [-0.2, -0.15) is 0 Å². The Morgan fingerprint density at radius 3 is 2.52 bits per heavy atom. The third-order valence-corrected chi connectivity index (χ3v) is 4.00. The minimum atomic E-state index is -0.387. The molecule has 136 valence electrons. The van der Waals surface area contributed by atoms with Crippen LogP contribution in [0.1, 0.15) is 45.7 Å². The summed E-state index contributed by atoms with van der Waals surface area (Å²) in [6.07, 6.45) is 3.65. The highest BCUT2D eigenvalue weighted by molar-refractivity contribution is 5.74. The van der Waals surface area contributed by atoms with Crippen LogP contribution in [-0.2, 0) is 0 Å². The van der Waals surface area contributed by atoms with Crippen LogP contribution in [0.25, 0.3) is 5.69 Å². The number of aliphatic hydroxyl groups excluding tert-OH is 1. The second-order valence-electron chi connectivity index (χ2n) is 7.21. The van der Waals surface area contributed by atoms with E-state index in [1.165, 1.54) is 0 Å². The van der Waals surface area contributed by atoms with Crippen molar-refractivity contribution in [2.24, 2.45) is 5.41 Å². The number of hydrogen-bond acceptors (Lipinski definition) is 4. The first-order valence-electron chi connectivity index (χ1n) is 8.46. The van der Waals surface area contributed by atoms with E-state index in [1.807, 2.05) is 45.0 Å². The average Bonchev–Trinajstić information content (AvgIpc) is 3.06. The molecule has 3 N–H and O–H groups in total. The Morgan fingerprint density at radius 1 is 1.28 bits per heavy atom. The minimum Gasteiger partial charge on any atom is -0.393 e. The Labute approximate surface area is 148 Å². The molecule has 0 fully saturated rings. The van der Waals surface area contributed by atoms with Crippen LogP contribution in [0.2, 0.25) is 0 Å². The topological polar surface area (TPSA) is 92.1 Å². The molecule has 2 rings (SSSR count). The SMILES string of the molecule is CC(O)CC(C)(C)CNC(=O)NC(C)c1ccc(-n2ccnn2)cc1. The Morgan fingerprint density at radius 2 is 1.96 bits per heavy atom. The number of benzene rings is 1. The maximum absolute atomic E-state index is 12.1. The number of nitrogens with one attached hydrogen (secondary N) is 2. The van der Waals surface area contributed by atoms with E-state index in [-0.39, 0.29) is 23.6 Å². The van der Waals surface area contributed by atoms with Gasteiger partial charge in [0.05, 0.1) is 30.2 Å². The van der Waals surface area contributed by atoms with Gasteiger partial charge in [-0.05, 0) is 43.4 Å². The van der Waals surface area contributed by atoms with E-state index in [0.717, 1.165) is 11.3 Å². The molecule has 1 aromatic heterocycles. The van der Waals surface area contributed by atoms with Crippen LogP contribution in [0.15, 0.2) is 36.7 Å². The fourth-order valence-electron chi connectivity index (χ4n) is 2.78. The number of nitrogens with zero attached hydrogens (tertiary/aromatic N) is 3. The number of rotatable bonds is 7. The predicted octanol–water partition coefficient (Wildman–Crippen LogP) is 2.42. The molecule has 7 nitrogen and oxygen atoms in total. The zero-order chi connectivity index (χ0) is 18.4. The summed E-state index contributed by atoms with van der Waals surface area (Å²) in [7, 11) is 0. The highest BCUT2D eigenvalue weighted by atomic mass is 16.3. The van der Waals surface area contributed by atoms with Gasteiger partial charge in [-0.1, -0.05) is 31.2 Å². The third kappa shape index (κ3) is 5.86. The molecule has 0 aliphatic carbocycles. The van der Waals surface area contributed by atoms with Gasteiger partial charge in [0.2, 0.25) is 0 Å². The number of aliphatic hydroxyl groups is 1. The highest BCUT2D eigenvalue weighted by Gasteiger charge is 2.21. The Kier molecular flexibility index (Phi) is 6.14. The molecule has 25 heavy (non-hydrogen) atoms. The van der Waals surface area contributed by atoms with Crippen molar-refractivity contribution in [2.45, 2.75) is 46.3 Å². The van der Waals surface area contributed by atoms with Gasteiger partial charge < -0.3 is 15.7 Å². The summed E-state index contributed by atoms with van der Waals surface area (Å²) >= 11 is 0. The van der Waals surface area contributed by atoms with Crippen molar-refractivity contribution in [3.63, 3.8) is 0 Å². The van der Waals surface area contributed by atoms with E-state index < -0.39 is 0 Å². The summed E-state index contributed by atoms with van der Waals surface area (Å²) in [6, 6.07) is 7.45. The number of amides is 2. The van der Waals surface area contributed by atoms with Crippen LogP contribution in [0.5, 0.6) is 0 Å². The van der Waals surface area contributed by atoms with E-state index in [2.05, 4.69) is 20.9 Å². The molecule has 0 saturated carbocycles. The van der Waals surface area contributed by atoms with Crippen LogP contribution in [0.4, 0.5) is 4.79 Å². The lowest BCUT2D eigenvalue weighted by Crippen LogP contribution is -2.42. The smallest absolute Gasteiger partial charge is 0.315 e. The van der Waals surface area contributed by atoms with Crippen molar-refractivity contribution in [3.05, 3.63) is 42.2 Å². The zero-order valence-corrected chi connectivity index (χ0v) is 15.2. The maximum Gasteiger partial charge on any atom is 0.315 e. The summed E-state index contributed by atoms with van der Waals surface area (Å²) in [6.45, 7) is 8.23. The van der Waals surface area contributed by atoms with Crippen molar-refractivity contribution in [3.8, 4) is 5.69 Å². The van der Waals surface area contributed by atoms with Crippen molar-refractivity contribution >= 4 is 6.03 Å². The highest BCUT2D eigenvalue weighted by Crippen LogP contribution is 2.21. The fourth-order valence-corrected chi connectivity index (χ4v) is 2.78. The van der Waals surface area contributed by atoms with Crippen molar-refractivity contribution in [2.75, 3.05) is 6.54 Å². The van der Waals surface area contributed by atoms with Crippen LogP contribution in [0, 0.1) is 5.41 Å². The van der Waals surface area contributed by atoms with E-state index in [9.17, 15) is 9.90 Å². The van der Waals surface area contributed by atoms with Gasteiger partial charge in [-0.3, -0.25) is 0 Å². The summed E-state index contributed by atoms with van der Waals surface area (Å²) in [5, 5.41) is 23.0. The van der Waals surface area contributed by atoms with Crippen molar-refractivity contribution < 1.29 is 9.90 Å². The average molecular weight is 345 g/mol. The first-order valence-corrected chi connectivity index (χ1v) is 8.46. The van der Waals surface area contributed by atoms with Gasteiger partial charge in [-0.15, -0.1) is 5.10 Å². The molecule has 0 spiro atoms. The molecular formula is C18H27N5O2. The molecule has 7 heteroatoms. The number of hydrogen-bond donors (Lipinski definition) is 3. The normalized spacial score (nSPS) is 14.0. The van der Waals surface area contributed by atoms with Gasteiger partial charge in [0, 0.05) is 6.54 Å². The molecule has 0 radical (unpaired) electrons. The van der Waals surface area contributed by atoms with Crippen LogP contribution in [0.3, 0.4) is 0 Å². The van der Waals surface area contributed by atoms with Gasteiger partial charge in [-0.25, -0.2) is 9.48 Å². The number of urea groups is 1. The van der Waals surface area contributed by atoms with Gasteiger partial charge in [0.25, 0.3) is 0 Å². The van der Waals surface area contributed by atoms with E-state index in [0.29, 0.717) is 13.0 Å². The van der Waals surface area contributed by atoms with Gasteiger partial charge in [0.1, 0.15) is 0 Å². The summed E-state index contributed by atoms with van der Waals surface area (Å²) < 4.78 is 1.68. The second-order valence-corrected chi connectivity index (χ2v) is 7.21. The predicted molar refractivity (Wildman–Crippen MR) is 96.4 cm³/mol. The van der Waals surface area contributed by atoms with Crippen LogP contribution >= 0.6 is 0 Å². The molecule has 2 aromatic rings. The first-order chi connectivity index (χ1) is 11.8. The lowest BCUT2D eigenvalue weighted by molar-refractivity contribution is 0.128. The van der Waals surface area contributed by atoms with Crippen LogP contribution < -0.4 is 10.6 Å². The lowest BCUT2D eigenvalue weighted by atomic mass is 9.87. The molecule has 2 unspecified atom stereocenters. The number of carbonyl (C=O) groups excluding carboxylic acids is 1. The van der Waals surface area contributed by atoms with E-state index in [1.54, 1.807) is 24.0 Å². The number of aromatic nitrogens is 3. The lowest BCUT2D eigenvalue weighted by Gasteiger charge is -2.27. The fraction of sp³-hybridized carbons (Fsp3) is 0.500. The molecule has 1 aromatic carbocycles. The standard InChI is InChI=1S/C18H27N5O2/c1-13(24)11-18(3,4)12-19-17(25)21-14(2)15-5-7-16(8-6-15)23-10-9-20-22-23/h5-10,13-14,24H,11-12H2,1-4H3,(H2,19,21,25). The molecule has 0 aliphatic rings. The zero-order valence-electron chi connectivity index (χ0n) is 15.2. The Hall–Kier alpha value is -2.41. The van der Waals surface area contributed by atoms with Crippen molar-refractivity contribution in [1.82, 2.24) is 25.6 Å². The summed E-state index contributed by atoms with van der Waals surface area (Å²) in [5.41, 5.74) is 1.76. The Bertz CT molecular complexity index is 665. The molecular weight excluding hydrogens is 318 g/mol. The van der Waals surface area contributed by atoms with Crippen molar-refractivity contribution in [1.29, 1.82) is 0 Å². The maximum atomic E-state index is 12.1. The molecule has 0 aliphatic heterocycles. The summed E-state index contributed by atoms with van der Waals surface area (Å²) in [5.74, 6) is 0. The number of carbonyl (C=O) groups is 1.